The van der Waals surface area contributed by atoms with Crippen LogP contribution in [-0.2, 0) is 9.53 Å². The van der Waals surface area contributed by atoms with Crippen molar-refractivity contribution in [1.29, 1.82) is 0 Å². The number of halogens is 1. The molecular weight excluding hydrogens is 263 g/mol. The standard InChI is InChI=1S/C14H15FN2O3/c1-8(18)20-10-4-5-17-13(7-10)11-6-9(15)2-3-12(11)16-14(17)19/h2-3,6,10,13H,4-5,7H2,1H3,(H,16,19)/t10-,13+/m1/s1. The van der Waals surface area contributed by atoms with Crippen molar-refractivity contribution in [3.63, 3.8) is 0 Å². The van der Waals surface area contributed by atoms with Gasteiger partial charge >= 0.3 is 12.0 Å². The Balaban J connectivity index is 1.91. The zero-order chi connectivity index (χ0) is 14.3. The number of carbonyl (C=O) groups excluding carboxylic acids is 2. The van der Waals surface area contributed by atoms with Crippen molar-refractivity contribution in [2.24, 2.45) is 0 Å². The van der Waals surface area contributed by atoms with Crippen molar-refractivity contribution in [3.8, 4) is 0 Å². The van der Waals surface area contributed by atoms with Crippen LogP contribution in [0, 0.1) is 5.82 Å². The monoisotopic (exact) mass is 278 g/mol. The number of rotatable bonds is 1. The molecule has 2 heterocycles. The first kappa shape index (κ1) is 12.9. The lowest BCUT2D eigenvalue weighted by Gasteiger charge is -2.42. The molecule has 1 N–H and O–H groups in total. The highest BCUT2D eigenvalue weighted by molar-refractivity contribution is 5.93. The van der Waals surface area contributed by atoms with E-state index in [1.54, 1.807) is 11.0 Å². The third kappa shape index (κ3) is 2.21. The van der Waals surface area contributed by atoms with E-state index in [-0.39, 0.29) is 30.0 Å². The predicted octanol–water partition coefficient (Wildman–Crippen LogP) is 2.44. The minimum Gasteiger partial charge on any atom is -0.462 e. The molecule has 0 radical (unpaired) electrons. The van der Waals surface area contributed by atoms with Crippen LogP contribution in [0.15, 0.2) is 18.2 Å². The molecule has 6 heteroatoms. The molecule has 2 atom stereocenters. The maximum atomic E-state index is 13.4. The second kappa shape index (κ2) is 4.77. The van der Waals surface area contributed by atoms with Crippen molar-refractivity contribution < 1.29 is 18.7 Å². The molecule has 0 aliphatic carbocycles. The summed E-state index contributed by atoms with van der Waals surface area (Å²) in [5, 5.41) is 2.75. The smallest absolute Gasteiger partial charge is 0.322 e. The molecule has 0 aromatic heterocycles. The van der Waals surface area contributed by atoms with Gasteiger partial charge in [0.25, 0.3) is 0 Å². The van der Waals surface area contributed by atoms with Gasteiger partial charge in [-0.15, -0.1) is 0 Å². The van der Waals surface area contributed by atoms with Crippen molar-refractivity contribution in [2.45, 2.75) is 31.9 Å². The van der Waals surface area contributed by atoms with Gasteiger partial charge in [-0.2, -0.15) is 0 Å². The SMILES string of the molecule is CC(=O)O[C@@H]1CCN2C(=O)Nc3ccc(F)cc3[C@@H]2C1. The van der Waals surface area contributed by atoms with E-state index < -0.39 is 0 Å². The molecule has 2 aliphatic rings. The third-order valence-electron chi connectivity index (χ3n) is 3.76. The first-order valence-electron chi connectivity index (χ1n) is 6.59. The van der Waals surface area contributed by atoms with Crippen LogP contribution in [0.1, 0.15) is 31.4 Å². The highest BCUT2D eigenvalue weighted by Gasteiger charge is 2.38. The maximum Gasteiger partial charge on any atom is 0.322 e. The van der Waals surface area contributed by atoms with E-state index >= 15 is 0 Å². The maximum absolute atomic E-state index is 13.4. The number of piperidine rings is 1. The Morgan fingerprint density at radius 2 is 2.30 bits per heavy atom. The molecule has 2 aliphatic heterocycles. The summed E-state index contributed by atoms with van der Waals surface area (Å²) >= 11 is 0. The minimum atomic E-state index is -0.338. The van der Waals surface area contributed by atoms with Gasteiger partial charge in [0.1, 0.15) is 11.9 Å². The summed E-state index contributed by atoms with van der Waals surface area (Å²) in [6.07, 6.45) is 0.883. The number of anilines is 1. The summed E-state index contributed by atoms with van der Waals surface area (Å²) in [7, 11) is 0. The molecule has 0 unspecified atom stereocenters. The van der Waals surface area contributed by atoms with Gasteiger partial charge in [-0.1, -0.05) is 0 Å². The summed E-state index contributed by atoms with van der Waals surface area (Å²) in [6.45, 7) is 1.86. The van der Waals surface area contributed by atoms with Crippen molar-refractivity contribution >= 4 is 17.7 Å². The van der Waals surface area contributed by atoms with Gasteiger partial charge in [-0.3, -0.25) is 4.79 Å². The number of hydrogen-bond acceptors (Lipinski definition) is 3. The third-order valence-corrected chi connectivity index (χ3v) is 3.76. The van der Waals surface area contributed by atoms with E-state index in [0.717, 1.165) is 5.56 Å². The van der Waals surface area contributed by atoms with Gasteiger partial charge < -0.3 is 15.0 Å². The van der Waals surface area contributed by atoms with Gasteiger partial charge in [-0.05, 0) is 18.2 Å². The van der Waals surface area contributed by atoms with Crippen LogP contribution in [0.5, 0.6) is 0 Å². The highest BCUT2D eigenvalue weighted by Crippen LogP contribution is 2.39. The fourth-order valence-electron chi connectivity index (χ4n) is 2.92. The second-order valence-electron chi connectivity index (χ2n) is 5.13. The number of benzene rings is 1. The van der Waals surface area contributed by atoms with Crippen LogP contribution < -0.4 is 5.32 Å². The van der Waals surface area contributed by atoms with Crippen LogP contribution >= 0.6 is 0 Å². The van der Waals surface area contributed by atoms with Crippen molar-refractivity contribution in [1.82, 2.24) is 4.90 Å². The normalized spacial score (nSPS) is 24.5. The summed E-state index contributed by atoms with van der Waals surface area (Å²) in [4.78, 5) is 24.7. The Morgan fingerprint density at radius 1 is 1.50 bits per heavy atom. The lowest BCUT2D eigenvalue weighted by molar-refractivity contribution is -0.149. The summed E-state index contributed by atoms with van der Waals surface area (Å²) < 4.78 is 18.7. The lowest BCUT2D eigenvalue weighted by atomic mass is 9.90. The number of carbonyl (C=O) groups is 2. The minimum absolute atomic E-state index is 0.185. The molecule has 5 nitrogen and oxygen atoms in total. The van der Waals surface area contributed by atoms with E-state index in [4.69, 9.17) is 4.74 Å². The number of urea groups is 1. The van der Waals surface area contributed by atoms with E-state index in [9.17, 15) is 14.0 Å². The zero-order valence-electron chi connectivity index (χ0n) is 11.1. The molecule has 1 saturated heterocycles. The second-order valence-corrected chi connectivity index (χ2v) is 5.13. The number of amides is 2. The number of ether oxygens (including phenoxy) is 1. The van der Waals surface area contributed by atoms with Crippen molar-refractivity contribution in [3.05, 3.63) is 29.6 Å². The van der Waals surface area contributed by atoms with Gasteiger partial charge in [0.05, 0.1) is 6.04 Å². The fourth-order valence-corrected chi connectivity index (χ4v) is 2.92. The van der Waals surface area contributed by atoms with Crippen LogP contribution in [0.4, 0.5) is 14.9 Å². The van der Waals surface area contributed by atoms with Crippen LogP contribution in [0.25, 0.3) is 0 Å². The van der Waals surface area contributed by atoms with Crippen LogP contribution in [0.2, 0.25) is 0 Å². The summed E-state index contributed by atoms with van der Waals surface area (Å²) in [5.74, 6) is -0.669. The summed E-state index contributed by atoms with van der Waals surface area (Å²) in [6, 6.07) is 3.89. The Hall–Kier alpha value is -2.11. The number of esters is 1. The first-order chi connectivity index (χ1) is 9.54. The van der Waals surface area contributed by atoms with E-state index in [0.29, 0.717) is 25.1 Å². The topological polar surface area (TPSA) is 58.6 Å². The van der Waals surface area contributed by atoms with Crippen molar-refractivity contribution in [2.75, 3.05) is 11.9 Å². The number of fused-ring (bicyclic) bond motifs is 3. The van der Waals surface area contributed by atoms with Gasteiger partial charge in [-0.25, -0.2) is 9.18 Å². The van der Waals surface area contributed by atoms with E-state index in [2.05, 4.69) is 5.32 Å². The Bertz CT molecular complexity index is 576. The molecule has 106 valence electrons. The number of hydrogen-bond donors (Lipinski definition) is 1. The molecule has 2 amide bonds. The molecular formula is C14H15FN2O3. The first-order valence-corrected chi connectivity index (χ1v) is 6.59. The number of nitrogens with one attached hydrogen (secondary N) is 1. The molecule has 0 saturated carbocycles. The fraction of sp³-hybridized carbons (Fsp3) is 0.429. The van der Waals surface area contributed by atoms with Gasteiger partial charge in [0.15, 0.2) is 0 Å². The quantitative estimate of drug-likeness (QED) is 0.803. The van der Waals surface area contributed by atoms with Crippen LogP contribution in [-0.4, -0.2) is 29.5 Å². The number of nitrogens with zero attached hydrogens (tertiary/aromatic N) is 1. The largest absolute Gasteiger partial charge is 0.462 e. The molecule has 3 rings (SSSR count). The average Bonchev–Trinajstić information content (AvgIpc) is 2.39. The Kier molecular flexibility index (Phi) is 3.08. The van der Waals surface area contributed by atoms with Crippen LogP contribution in [0.3, 0.4) is 0 Å². The zero-order valence-corrected chi connectivity index (χ0v) is 11.1. The lowest BCUT2D eigenvalue weighted by Crippen LogP contribution is -2.48. The van der Waals surface area contributed by atoms with Gasteiger partial charge in [0, 0.05) is 37.6 Å². The highest BCUT2D eigenvalue weighted by atomic mass is 19.1. The molecule has 20 heavy (non-hydrogen) atoms. The Labute approximate surface area is 115 Å². The molecule has 1 aromatic carbocycles. The average molecular weight is 278 g/mol. The Morgan fingerprint density at radius 3 is 3.05 bits per heavy atom. The predicted molar refractivity (Wildman–Crippen MR) is 69.7 cm³/mol. The molecule has 1 aromatic rings. The molecule has 1 fully saturated rings. The van der Waals surface area contributed by atoms with Gasteiger partial charge in [0.2, 0.25) is 0 Å². The van der Waals surface area contributed by atoms with E-state index in [1.165, 1.54) is 19.1 Å². The summed E-state index contributed by atoms with van der Waals surface area (Å²) in [5.41, 5.74) is 1.36. The molecule has 0 spiro atoms. The molecule has 0 bridgehead atoms. The van der Waals surface area contributed by atoms with E-state index in [1.807, 2.05) is 0 Å².